The molecule has 0 fully saturated rings. The first-order valence-corrected chi connectivity index (χ1v) is 4.21. The van der Waals surface area contributed by atoms with E-state index in [0.717, 1.165) is 0 Å². The van der Waals surface area contributed by atoms with E-state index >= 15 is 0 Å². The van der Waals surface area contributed by atoms with Gasteiger partial charge in [-0.25, -0.2) is 0 Å². The summed E-state index contributed by atoms with van der Waals surface area (Å²) in [7, 11) is 0. The Hall–Kier alpha value is -1.48. The minimum Gasteiger partial charge on any atom is -0.464 e. The van der Waals surface area contributed by atoms with Crippen LogP contribution in [0.1, 0.15) is 0 Å². The molecule has 0 unspecified atom stereocenters. The van der Waals surface area contributed by atoms with Gasteiger partial charge >= 0.3 is 0 Å². The third kappa shape index (κ3) is 2.00. The summed E-state index contributed by atoms with van der Waals surface area (Å²) in [4.78, 5) is 11.1. The van der Waals surface area contributed by atoms with Crippen molar-refractivity contribution in [3.8, 4) is 0 Å². The highest BCUT2D eigenvalue weighted by molar-refractivity contribution is 7.77. The fraction of sp³-hybridized carbons (Fsp3) is 0. The molecule has 0 aliphatic carbocycles. The third-order valence-corrected chi connectivity index (χ3v) is 1.57. The lowest BCUT2D eigenvalue weighted by molar-refractivity contribution is 0.602. The van der Waals surface area contributed by atoms with E-state index in [0.29, 0.717) is 11.0 Å². The van der Waals surface area contributed by atoms with Crippen LogP contribution in [-0.2, 0) is 0 Å². The van der Waals surface area contributed by atoms with Crippen molar-refractivity contribution in [2.24, 2.45) is 0 Å². The van der Waals surface area contributed by atoms with E-state index in [1.165, 1.54) is 12.3 Å². The van der Waals surface area contributed by atoms with Crippen molar-refractivity contribution in [3.05, 3.63) is 46.8 Å². The maximum Gasteiger partial charge on any atom is 0.192 e. The van der Waals surface area contributed by atoms with Crippen LogP contribution < -0.4 is 5.43 Å². The molecule has 0 spiro atoms. The molecule has 0 radical (unpaired) electrons. The number of para-hydroxylation sites is 1. The molecule has 66 valence electrons. The van der Waals surface area contributed by atoms with E-state index < -0.39 is 0 Å². The van der Waals surface area contributed by atoms with Gasteiger partial charge in [0.25, 0.3) is 0 Å². The summed E-state index contributed by atoms with van der Waals surface area (Å²) >= 11 is 3.83. The van der Waals surface area contributed by atoms with Crippen LogP contribution in [0, 0.1) is 0 Å². The molecule has 2 aromatic rings. The van der Waals surface area contributed by atoms with Gasteiger partial charge in [0.15, 0.2) is 5.43 Å². The van der Waals surface area contributed by atoms with Crippen molar-refractivity contribution < 1.29 is 4.42 Å². The van der Waals surface area contributed by atoms with Crippen LogP contribution in [0.5, 0.6) is 0 Å². The van der Waals surface area contributed by atoms with Gasteiger partial charge in [-0.3, -0.25) is 4.79 Å². The van der Waals surface area contributed by atoms with Crippen molar-refractivity contribution in [2.75, 3.05) is 0 Å². The highest BCUT2D eigenvalue weighted by atomic mass is 32.1. The fourth-order valence-electron chi connectivity index (χ4n) is 1.03. The van der Waals surface area contributed by atoms with Gasteiger partial charge < -0.3 is 4.42 Å². The molecule has 0 atom stereocenters. The second-order valence-electron chi connectivity index (χ2n) is 2.28. The van der Waals surface area contributed by atoms with E-state index in [4.69, 9.17) is 4.42 Å². The molecule has 1 heterocycles. The molecule has 0 aliphatic heterocycles. The number of thiocarbonyl (C=S) groups is 1. The summed E-state index contributed by atoms with van der Waals surface area (Å²) in [5.41, 5.74) is 0.645. The van der Waals surface area contributed by atoms with Crippen LogP contribution in [0.25, 0.3) is 11.0 Å². The van der Waals surface area contributed by atoms with Crippen LogP contribution in [0.15, 0.2) is 45.8 Å². The number of hydrogen-bond acceptors (Lipinski definition) is 3. The first-order valence-electron chi connectivity index (χ1n) is 3.63. The zero-order chi connectivity index (χ0) is 9.68. The largest absolute Gasteiger partial charge is 0.464 e. The molecule has 2 rings (SSSR count). The molecule has 2 nitrogen and oxygen atoms in total. The summed E-state index contributed by atoms with van der Waals surface area (Å²) in [6.45, 7) is 0. The quantitative estimate of drug-likeness (QED) is 0.600. The van der Waals surface area contributed by atoms with Gasteiger partial charge in [-0.15, -0.1) is 0 Å². The van der Waals surface area contributed by atoms with Gasteiger partial charge in [0, 0.05) is 6.07 Å². The number of hydrogen-bond donors (Lipinski definition) is 0. The Bertz CT molecular complexity index is 442. The molecule has 3 heteroatoms. The SMILES string of the molecule is C=S.O=c1ccoc2ccccc12. The molecule has 0 aliphatic rings. The lowest BCUT2D eigenvalue weighted by Crippen LogP contribution is -1.96. The van der Waals surface area contributed by atoms with Crippen LogP contribution in [0.4, 0.5) is 0 Å². The first kappa shape index (κ1) is 9.61. The Morgan fingerprint density at radius 2 is 1.85 bits per heavy atom. The maximum absolute atomic E-state index is 11.1. The normalized spacial score (nSPS) is 8.92. The molecule has 0 amide bonds. The highest BCUT2D eigenvalue weighted by Crippen LogP contribution is 2.06. The van der Waals surface area contributed by atoms with Gasteiger partial charge in [-0.2, -0.15) is 0 Å². The molecule has 1 aromatic carbocycles. The molecule has 0 saturated heterocycles. The highest BCUT2D eigenvalue weighted by Gasteiger charge is 1.95. The summed E-state index contributed by atoms with van der Waals surface area (Å²) in [6.07, 6.45) is 1.41. The van der Waals surface area contributed by atoms with Crippen LogP contribution in [0.2, 0.25) is 0 Å². The maximum atomic E-state index is 11.1. The van der Waals surface area contributed by atoms with Crippen LogP contribution in [-0.4, -0.2) is 5.87 Å². The van der Waals surface area contributed by atoms with E-state index in [1.54, 1.807) is 12.1 Å². The predicted octanol–water partition coefficient (Wildman–Crippen LogP) is 2.41. The lowest BCUT2D eigenvalue weighted by Gasteiger charge is -1.91. The Morgan fingerprint density at radius 1 is 1.15 bits per heavy atom. The molecule has 0 bridgehead atoms. The van der Waals surface area contributed by atoms with Crippen molar-refractivity contribution in [3.63, 3.8) is 0 Å². The Labute approximate surface area is 80.8 Å². The minimum atomic E-state index is 0.00634. The fourth-order valence-corrected chi connectivity index (χ4v) is 1.03. The smallest absolute Gasteiger partial charge is 0.192 e. The van der Waals surface area contributed by atoms with Crippen molar-refractivity contribution in [2.45, 2.75) is 0 Å². The first-order chi connectivity index (χ1) is 6.38. The van der Waals surface area contributed by atoms with E-state index in [-0.39, 0.29) is 5.43 Å². The number of benzene rings is 1. The van der Waals surface area contributed by atoms with Gasteiger partial charge in [0.2, 0.25) is 0 Å². The predicted molar refractivity (Wildman–Crippen MR) is 57.2 cm³/mol. The summed E-state index contributed by atoms with van der Waals surface area (Å²) in [5, 5.41) is 0.634. The van der Waals surface area contributed by atoms with E-state index in [1.807, 2.05) is 12.1 Å². The zero-order valence-corrected chi connectivity index (χ0v) is 7.71. The second kappa shape index (κ2) is 4.52. The number of fused-ring (bicyclic) bond motifs is 1. The van der Waals surface area contributed by atoms with Gasteiger partial charge in [-0.1, -0.05) is 24.4 Å². The summed E-state index contributed by atoms with van der Waals surface area (Å²) in [5.74, 6) is 2.83. The van der Waals surface area contributed by atoms with Crippen molar-refractivity contribution >= 4 is 29.1 Å². The van der Waals surface area contributed by atoms with Gasteiger partial charge in [-0.05, 0) is 18.0 Å². The summed E-state index contributed by atoms with van der Waals surface area (Å²) < 4.78 is 5.09. The monoisotopic (exact) mass is 192 g/mol. The van der Waals surface area contributed by atoms with Crippen molar-refractivity contribution in [1.82, 2.24) is 0 Å². The molecular weight excluding hydrogens is 184 g/mol. The molecule has 1 aromatic heterocycles. The number of rotatable bonds is 0. The molecule has 0 saturated carbocycles. The average Bonchev–Trinajstić information content (AvgIpc) is 2.22. The Kier molecular flexibility index (Phi) is 3.34. The average molecular weight is 192 g/mol. The minimum absolute atomic E-state index is 0.00634. The van der Waals surface area contributed by atoms with E-state index in [2.05, 4.69) is 18.1 Å². The van der Waals surface area contributed by atoms with E-state index in [9.17, 15) is 4.79 Å². The third-order valence-electron chi connectivity index (χ3n) is 1.57. The van der Waals surface area contributed by atoms with Gasteiger partial charge in [0.1, 0.15) is 5.58 Å². The molecule has 13 heavy (non-hydrogen) atoms. The van der Waals surface area contributed by atoms with Crippen LogP contribution >= 0.6 is 12.2 Å². The van der Waals surface area contributed by atoms with Gasteiger partial charge in [0.05, 0.1) is 11.6 Å². The topological polar surface area (TPSA) is 30.2 Å². The van der Waals surface area contributed by atoms with Crippen LogP contribution in [0.3, 0.4) is 0 Å². The summed E-state index contributed by atoms with van der Waals surface area (Å²) in [6, 6.07) is 8.60. The lowest BCUT2D eigenvalue weighted by atomic mass is 10.2. The Balaban J connectivity index is 0.000000396. The molecular formula is C10H8O2S. The Morgan fingerprint density at radius 3 is 2.54 bits per heavy atom. The van der Waals surface area contributed by atoms with Crippen molar-refractivity contribution in [1.29, 1.82) is 0 Å². The second-order valence-corrected chi connectivity index (χ2v) is 2.28. The standard InChI is InChI=1S/C9H6O2.CH2S/c10-8-5-6-11-9-4-2-1-3-7(8)9;1-2/h1-6H;1H2. The zero-order valence-electron chi connectivity index (χ0n) is 6.90. The molecule has 0 N–H and O–H groups in total.